The first-order chi connectivity index (χ1) is 11.6. The van der Waals surface area contributed by atoms with Gasteiger partial charge in [-0.25, -0.2) is 0 Å². The van der Waals surface area contributed by atoms with Crippen LogP contribution < -0.4 is 10.2 Å². The first-order valence-corrected chi connectivity index (χ1v) is 9.56. The number of nitrogens with zero attached hydrogens (tertiary/aromatic N) is 2. The molecule has 24 heavy (non-hydrogen) atoms. The van der Waals surface area contributed by atoms with Crippen molar-refractivity contribution in [2.24, 2.45) is 5.92 Å². The number of hydrogen-bond acceptors (Lipinski definition) is 4. The minimum absolute atomic E-state index is 0.107. The van der Waals surface area contributed by atoms with Crippen molar-refractivity contribution in [2.45, 2.75) is 44.8 Å². The number of hydrogen-bond donors (Lipinski definition) is 2. The van der Waals surface area contributed by atoms with Crippen molar-refractivity contribution in [2.75, 3.05) is 44.7 Å². The van der Waals surface area contributed by atoms with Crippen molar-refractivity contribution in [1.29, 1.82) is 0 Å². The van der Waals surface area contributed by atoms with E-state index in [0.29, 0.717) is 6.04 Å². The number of aliphatic hydroxyl groups is 1. The van der Waals surface area contributed by atoms with Gasteiger partial charge >= 0.3 is 0 Å². The van der Waals surface area contributed by atoms with Gasteiger partial charge in [-0.1, -0.05) is 12.1 Å². The Morgan fingerprint density at radius 3 is 2.29 bits per heavy atom. The van der Waals surface area contributed by atoms with Crippen molar-refractivity contribution >= 4 is 5.69 Å². The van der Waals surface area contributed by atoms with Crippen molar-refractivity contribution < 1.29 is 5.11 Å². The summed E-state index contributed by atoms with van der Waals surface area (Å²) in [6, 6.07) is 9.39. The molecule has 3 rings (SSSR count). The first kappa shape index (κ1) is 17.7. The van der Waals surface area contributed by atoms with Gasteiger partial charge in [0.05, 0.1) is 6.10 Å². The van der Waals surface area contributed by atoms with E-state index >= 15 is 0 Å². The first-order valence-electron chi connectivity index (χ1n) is 9.56. The Bertz CT molecular complexity index is 488. The Morgan fingerprint density at radius 2 is 1.67 bits per heavy atom. The fourth-order valence-electron chi connectivity index (χ4n) is 3.83. The van der Waals surface area contributed by atoms with E-state index in [2.05, 4.69) is 53.4 Å². The fourth-order valence-corrected chi connectivity index (χ4v) is 3.83. The lowest BCUT2D eigenvalue weighted by Gasteiger charge is -2.32. The topological polar surface area (TPSA) is 38.7 Å². The Kier molecular flexibility index (Phi) is 6.14. The van der Waals surface area contributed by atoms with Crippen LogP contribution in [-0.4, -0.2) is 55.9 Å². The van der Waals surface area contributed by atoms with Crippen LogP contribution in [0.25, 0.3) is 0 Å². The molecule has 2 aliphatic heterocycles. The number of rotatable bonds is 5. The highest BCUT2D eigenvalue weighted by Gasteiger charge is 2.19. The molecule has 2 saturated heterocycles. The molecular weight excluding hydrogens is 298 g/mol. The Morgan fingerprint density at radius 1 is 1.04 bits per heavy atom. The maximum Gasteiger partial charge on any atom is 0.0574 e. The lowest BCUT2D eigenvalue weighted by molar-refractivity contribution is 0.145. The second-order valence-electron chi connectivity index (χ2n) is 7.69. The van der Waals surface area contributed by atoms with Crippen molar-refractivity contribution in [3.63, 3.8) is 0 Å². The van der Waals surface area contributed by atoms with Crippen LogP contribution in [0.2, 0.25) is 0 Å². The minimum Gasteiger partial charge on any atom is -0.393 e. The Balaban J connectivity index is 1.47. The van der Waals surface area contributed by atoms with E-state index in [1.54, 1.807) is 0 Å². The second kappa shape index (κ2) is 8.32. The standard InChI is InChI=1S/C20H33N3O/c1-16(21-15-17-7-11-22(2)12-8-17)18-3-5-19(6-4-18)23-13-9-20(24)10-14-23/h3-6,16-17,20-21,24H,7-15H2,1-2H3. The summed E-state index contributed by atoms with van der Waals surface area (Å²) in [4.78, 5) is 4.81. The fraction of sp³-hybridized carbons (Fsp3) is 0.700. The highest BCUT2D eigenvalue weighted by atomic mass is 16.3. The predicted molar refractivity (Wildman–Crippen MR) is 101 cm³/mol. The molecular formula is C20H33N3O. The molecule has 0 aliphatic carbocycles. The van der Waals surface area contributed by atoms with Crippen LogP contribution in [0.15, 0.2) is 24.3 Å². The molecule has 2 N–H and O–H groups in total. The molecule has 0 bridgehead atoms. The van der Waals surface area contributed by atoms with Crippen LogP contribution in [0.3, 0.4) is 0 Å². The number of likely N-dealkylation sites (tertiary alicyclic amines) is 1. The van der Waals surface area contributed by atoms with Gasteiger partial charge in [-0.3, -0.25) is 0 Å². The Labute approximate surface area is 146 Å². The summed E-state index contributed by atoms with van der Waals surface area (Å²) in [6.45, 7) is 7.79. The van der Waals surface area contributed by atoms with E-state index in [-0.39, 0.29) is 6.10 Å². The molecule has 2 aliphatic rings. The van der Waals surface area contributed by atoms with Gasteiger partial charge in [-0.15, -0.1) is 0 Å². The molecule has 4 heteroatoms. The van der Waals surface area contributed by atoms with Gasteiger partial charge in [0.1, 0.15) is 0 Å². The average Bonchev–Trinajstić information content (AvgIpc) is 2.62. The van der Waals surface area contributed by atoms with E-state index < -0.39 is 0 Å². The van der Waals surface area contributed by atoms with Gasteiger partial charge < -0.3 is 20.2 Å². The van der Waals surface area contributed by atoms with Crippen LogP contribution in [0.1, 0.15) is 44.2 Å². The number of piperidine rings is 2. The summed E-state index contributed by atoms with van der Waals surface area (Å²) >= 11 is 0. The molecule has 0 spiro atoms. The highest BCUT2D eigenvalue weighted by Crippen LogP contribution is 2.23. The minimum atomic E-state index is -0.107. The van der Waals surface area contributed by atoms with E-state index in [9.17, 15) is 5.11 Å². The molecule has 1 aromatic carbocycles. The van der Waals surface area contributed by atoms with Crippen LogP contribution in [0, 0.1) is 5.92 Å². The van der Waals surface area contributed by atoms with Crippen LogP contribution >= 0.6 is 0 Å². The molecule has 0 amide bonds. The van der Waals surface area contributed by atoms with Crippen LogP contribution in [0.5, 0.6) is 0 Å². The molecule has 1 unspecified atom stereocenters. The number of aliphatic hydroxyl groups excluding tert-OH is 1. The van der Waals surface area contributed by atoms with Gasteiger partial charge in [0.15, 0.2) is 0 Å². The largest absolute Gasteiger partial charge is 0.393 e. The molecule has 0 radical (unpaired) electrons. The SMILES string of the molecule is CC(NCC1CCN(C)CC1)c1ccc(N2CCC(O)CC2)cc1. The van der Waals surface area contributed by atoms with Crippen molar-refractivity contribution in [3.05, 3.63) is 29.8 Å². The molecule has 0 saturated carbocycles. The van der Waals surface area contributed by atoms with Crippen LogP contribution in [-0.2, 0) is 0 Å². The van der Waals surface area contributed by atoms with Crippen LogP contribution in [0.4, 0.5) is 5.69 Å². The van der Waals surface area contributed by atoms with E-state index in [1.165, 1.54) is 37.2 Å². The third-order valence-corrected chi connectivity index (χ3v) is 5.77. The van der Waals surface area contributed by atoms with Gasteiger partial charge in [-0.2, -0.15) is 0 Å². The molecule has 134 valence electrons. The summed E-state index contributed by atoms with van der Waals surface area (Å²) in [6.07, 6.45) is 4.29. The smallest absolute Gasteiger partial charge is 0.0574 e. The van der Waals surface area contributed by atoms with E-state index in [1.807, 2.05) is 0 Å². The maximum absolute atomic E-state index is 9.63. The number of anilines is 1. The maximum atomic E-state index is 9.63. The third kappa shape index (κ3) is 4.71. The lowest BCUT2D eigenvalue weighted by atomic mass is 9.96. The third-order valence-electron chi connectivity index (χ3n) is 5.77. The molecule has 4 nitrogen and oxygen atoms in total. The predicted octanol–water partition coefficient (Wildman–Crippen LogP) is 2.64. The Hall–Kier alpha value is -1.10. The number of nitrogens with one attached hydrogen (secondary N) is 1. The van der Waals surface area contributed by atoms with Gasteiger partial charge in [0, 0.05) is 24.8 Å². The monoisotopic (exact) mass is 331 g/mol. The molecule has 2 heterocycles. The van der Waals surface area contributed by atoms with Gasteiger partial charge in [0.25, 0.3) is 0 Å². The quantitative estimate of drug-likeness (QED) is 0.870. The summed E-state index contributed by atoms with van der Waals surface area (Å²) in [5.74, 6) is 0.822. The molecule has 1 aromatic rings. The van der Waals surface area contributed by atoms with Gasteiger partial charge in [0.2, 0.25) is 0 Å². The van der Waals surface area contributed by atoms with E-state index in [4.69, 9.17) is 0 Å². The average molecular weight is 332 g/mol. The van der Waals surface area contributed by atoms with Crippen molar-refractivity contribution in [1.82, 2.24) is 10.2 Å². The van der Waals surface area contributed by atoms with Crippen molar-refractivity contribution in [3.8, 4) is 0 Å². The summed E-state index contributed by atoms with van der Waals surface area (Å²) in [5.41, 5.74) is 2.65. The number of benzene rings is 1. The molecule has 2 fully saturated rings. The van der Waals surface area contributed by atoms with E-state index in [0.717, 1.165) is 38.4 Å². The lowest BCUT2D eigenvalue weighted by Crippen LogP contribution is -2.36. The summed E-state index contributed by atoms with van der Waals surface area (Å²) in [5, 5.41) is 13.4. The normalized spacial score (nSPS) is 22.7. The zero-order valence-electron chi connectivity index (χ0n) is 15.2. The summed E-state index contributed by atoms with van der Waals surface area (Å²) < 4.78 is 0. The highest BCUT2D eigenvalue weighted by molar-refractivity contribution is 5.48. The molecule has 0 aromatic heterocycles. The second-order valence-corrected chi connectivity index (χ2v) is 7.69. The molecule has 1 atom stereocenters. The van der Waals surface area contributed by atoms with Gasteiger partial charge in [-0.05, 0) is 82.9 Å². The zero-order chi connectivity index (χ0) is 16.9. The summed E-state index contributed by atoms with van der Waals surface area (Å²) in [7, 11) is 2.22. The zero-order valence-corrected chi connectivity index (χ0v) is 15.2.